The summed E-state index contributed by atoms with van der Waals surface area (Å²) in [7, 11) is 0. The summed E-state index contributed by atoms with van der Waals surface area (Å²) >= 11 is 0. The van der Waals surface area contributed by atoms with E-state index in [9.17, 15) is 9.18 Å². The number of halogens is 1. The fourth-order valence-electron chi connectivity index (χ4n) is 2.18. The summed E-state index contributed by atoms with van der Waals surface area (Å²) in [5.74, 6) is -1.01. The molecule has 1 saturated heterocycles. The molecule has 1 aliphatic rings. The van der Waals surface area contributed by atoms with E-state index in [0.717, 1.165) is 0 Å². The van der Waals surface area contributed by atoms with Crippen molar-refractivity contribution in [1.82, 2.24) is 0 Å². The molecular formula is C13H15FO3. The lowest BCUT2D eigenvalue weighted by atomic mass is 9.89. The van der Waals surface area contributed by atoms with Crippen LogP contribution in [0.3, 0.4) is 0 Å². The van der Waals surface area contributed by atoms with Gasteiger partial charge in [-0.25, -0.2) is 9.18 Å². The molecule has 17 heavy (non-hydrogen) atoms. The van der Waals surface area contributed by atoms with Crippen LogP contribution in [0.4, 0.5) is 4.39 Å². The minimum Gasteiger partial charge on any atom is -0.478 e. The van der Waals surface area contributed by atoms with Gasteiger partial charge in [-0.1, -0.05) is 18.2 Å². The summed E-state index contributed by atoms with van der Waals surface area (Å²) in [4.78, 5) is 11.0. The predicted octanol–water partition coefficient (Wildman–Crippen LogP) is 2.45. The maximum Gasteiger partial charge on any atom is 0.335 e. The van der Waals surface area contributed by atoms with Crippen LogP contribution in [0.1, 0.15) is 28.8 Å². The number of hydrogen-bond donors (Lipinski definition) is 1. The number of carboxylic acid groups (broad SMARTS) is 1. The van der Waals surface area contributed by atoms with Crippen molar-refractivity contribution in [3.05, 3.63) is 35.4 Å². The van der Waals surface area contributed by atoms with E-state index in [0.29, 0.717) is 25.0 Å². The first kappa shape index (κ1) is 12.0. The second-order valence-electron chi connectivity index (χ2n) is 4.45. The van der Waals surface area contributed by atoms with Gasteiger partial charge in [0.25, 0.3) is 0 Å². The van der Waals surface area contributed by atoms with Crippen LogP contribution >= 0.6 is 0 Å². The lowest BCUT2D eigenvalue weighted by Gasteiger charge is -2.29. The summed E-state index contributed by atoms with van der Waals surface area (Å²) in [6.45, 7) is 0.646. The van der Waals surface area contributed by atoms with Crippen LogP contribution in [0.2, 0.25) is 0 Å². The summed E-state index contributed by atoms with van der Waals surface area (Å²) in [5, 5.41) is 9.03. The highest BCUT2D eigenvalue weighted by atomic mass is 19.1. The zero-order chi connectivity index (χ0) is 12.3. The van der Waals surface area contributed by atoms with Gasteiger partial charge in [0.1, 0.15) is 5.67 Å². The molecule has 4 heteroatoms. The van der Waals surface area contributed by atoms with Gasteiger partial charge in [-0.15, -0.1) is 0 Å². The highest BCUT2D eigenvalue weighted by Gasteiger charge is 2.33. The van der Waals surface area contributed by atoms with Gasteiger partial charge >= 0.3 is 5.97 Å². The monoisotopic (exact) mass is 238 g/mol. The van der Waals surface area contributed by atoms with Crippen LogP contribution < -0.4 is 0 Å². The van der Waals surface area contributed by atoms with Gasteiger partial charge in [-0.2, -0.15) is 0 Å². The smallest absolute Gasteiger partial charge is 0.335 e. The van der Waals surface area contributed by atoms with Gasteiger partial charge in [-0.3, -0.25) is 0 Å². The molecule has 1 N–H and O–H groups in total. The molecule has 0 saturated carbocycles. The predicted molar refractivity (Wildman–Crippen MR) is 61.0 cm³/mol. The number of carboxylic acids is 1. The summed E-state index contributed by atoms with van der Waals surface area (Å²) < 4.78 is 19.5. The van der Waals surface area contributed by atoms with Crippen LogP contribution in [0.15, 0.2) is 24.3 Å². The Morgan fingerprint density at radius 1 is 1.47 bits per heavy atom. The molecule has 0 amide bonds. The zero-order valence-corrected chi connectivity index (χ0v) is 9.49. The number of carbonyl (C=O) groups is 1. The molecule has 92 valence electrons. The Morgan fingerprint density at radius 3 is 2.88 bits per heavy atom. The molecule has 1 aromatic carbocycles. The standard InChI is InChI=1S/C13H15FO3/c14-13(6-3-7-17-9-13)8-10-4-1-2-5-11(10)12(15)16/h1-2,4-5H,3,6-9H2,(H,15,16). The number of aromatic carboxylic acids is 1. The Morgan fingerprint density at radius 2 is 2.24 bits per heavy atom. The first-order valence-corrected chi connectivity index (χ1v) is 5.69. The molecule has 0 radical (unpaired) electrons. The van der Waals surface area contributed by atoms with Crippen molar-refractivity contribution in [3.63, 3.8) is 0 Å². The summed E-state index contributed by atoms with van der Waals surface area (Å²) in [5.41, 5.74) is -0.716. The highest BCUT2D eigenvalue weighted by molar-refractivity contribution is 5.89. The zero-order valence-electron chi connectivity index (χ0n) is 9.49. The van der Waals surface area contributed by atoms with E-state index in [1.165, 1.54) is 6.07 Å². The third-order valence-electron chi connectivity index (χ3n) is 3.03. The lowest BCUT2D eigenvalue weighted by Crippen LogP contribution is -2.36. The van der Waals surface area contributed by atoms with Crippen molar-refractivity contribution < 1.29 is 19.0 Å². The molecule has 0 aromatic heterocycles. The van der Waals surface area contributed by atoms with E-state index in [2.05, 4.69) is 0 Å². The number of hydrogen-bond acceptors (Lipinski definition) is 2. The molecule has 1 aromatic rings. The van der Waals surface area contributed by atoms with E-state index in [1.54, 1.807) is 18.2 Å². The van der Waals surface area contributed by atoms with Crippen LogP contribution in [0, 0.1) is 0 Å². The summed E-state index contributed by atoms with van der Waals surface area (Å²) in [6, 6.07) is 6.55. The number of alkyl halides is 1. The Balaban J connectivity index is 2.20. The molecule has 3 nitrogen and oxygen atoms in total. The Hall–Kier alpha value is -1.42. The Kier molecular flexibility index (Phi) is 3.43. The second kappa shape index (κ2) is 4.84. The topological polar surface area (TPSA) is 46.5 Å². The molecule has 0 aliphatic carbocycles. The largest absolute Gasteiger partial charge is 0.478 e. The van der Waals surface area contributed by atoms with Crippen molar-refractivity contribution in [3.8, 4) is 0 Å². The lowest BCUT2D eigenvalue weighted by molar-refractivity contribution is -0.0309. The van der Waals surface area contributed by atoms with Gasteiger partial charge in [-0.05, 0) is 24.5 Å². The Bertz CT molecular complexity index is 411. The van der Waals surface area contributed by atoms with E-state index >= 15 is 0 Å². The third kappa shape index (κ3) is 2.82. The second-order valence-corrected chi connectivity index (χ2v) is 4.45. The van der Waals surface area contributed by atoms with Gasteiger partial charge in [0.2, 0.25) is 0 Å². The molecule has 1 heterocycles. The molecule has 1 aliphatic heterocycles. The molecule has 0 spiro atoms. The first-order chi connectivity index (χ1) is 8.11. The number of ether oxygens (including phenoxy) is 1. The average Bonchev–Trinajstić information content (AvgIpc) is 2.29. The third-order valence-corrected chi connectivity index (χ3v) is 3.03. The minimum absolute atomic E-state index is 0.0565. The highest BCUT2D eigenvalue weighted by Crippen LogP contribution is 2.28. The summed E-state index contributed by atoms with van der Waals surface area (Å²) in [6.07, 6.45) is 1.22. The van der Waals surface area contributed by atoms with E-state index in [4.69, 9.17) is 9.84 Å². The quantitative estimate of drug-likeness (QED) is 0.879. The number of benzene rings is 1. The van der Waals surface area contributed by atoms with Crippen molar-refractivity contribution in [2.45, 2.75) is 24.9 Å². The van der Waals surface area contributed by atoms with Crippen LogP contribution in [-0.2, 0) is 11.2 Å². The van der Waals surface area contributed by atoms with Gasteiger partial charge in [0.05, 0.1) is 12.2 Å². The van der Waals surface area contributed by atoms with Gasteiger partial charge < -0.3 is 9.84 Å². The number of rotatable bonds is 3. The van der Waals surface area contributed by atoms with Crippen molar-refractivity contribution in [2.75, 3.05) is 13.2 Å². The molecule has 1 unspecified atom stereocenters. The maximum atomic E-state index is 14.4. The SMILES string of the molecule is O=C(O)c1ccccc1CC1(F)CCCOC1. The van der Waals surface area contributed by atoms with Crippen molar-refractivity contribution in [2.24, 2.45) is 0 Å². The maximum absolute atomic E-state index is 14.4. The minimum atomic E-state index is -1.43. The van der Waals surface area contributed by atoms with Crippen molar-refractivity contribution in [1.29, 1.82) is 0 Å². The molecular weight excluding hydrogens is 223 g/mol. The van der Waals surface area contributed by atoms with Gasteiger partial charge in [0.15, 0.2) is 0 Å². The van der Waals surface area contributed by atoms with Crippen molar-refractivity contribution >= 4 is 5.97 Å². The van der Waals surface area contributed by atoms with Crippen LogP contribution in [-0.4, -0.2) is 30.0 Å². The van der Waals surface area contributed by atoms with Crippen LogP contribution in [0.5, 0.6) is 0 Å². The molecule has 2 rings (SSSR count). The Labute approximate surface area is 99.2 Å². The van der Waals surface area contributed by atoms with Gasteiger partial charge in [0, 0.05) is 13.0 Å². The molecule has 1 atom stereocenters. The van der Waals surface area contributed by atoms with E-state index < -0.39 is 11.6 Å². The van der Waals surface area contributed by atoms with Crippen LogP contribution in [0.25, 0.3) is 0 Å². The van der Waals surface area contributed by atoms with E-state index in [-0.39, 0.29) is 18.6 Å². The molecule has 1 fully saturated rings. The fourth-order valence-corrected chi connectivity index (χ4v) is 2.18. The fraction of sp³-hybridized carbons (Fsp3) is 0.462. The first-order valence-electron chi connectivity index (χ1n) is 5.69. The van der Waals surface area contributed by atoms with E-state index in [1.807, 2.05) is 0 Å². The molecule has 0 bridgehead atoms. The normalized spacial score (nSPS) is 24.5. The average molecular weight is 238 g/mol.